The molecule has 6 heteroatoms. The minimum absolute atomic E-state index is 0.0193. The number of nitrogens with zero attached hydrogens (tertiary/aromatic N) is 1. The van der Waals surface area contributed by atoms with Gasteiger partial charge in [-0.3, -0.25) is 9.89 Å². The molecule has 0 bridgehead atoms. The number of H-pyrrole nitrogens is 1. The van der Waals surface area contributed by atoms with E-state index in [0.29, 0.717) is 18.8 Å². The third-order valence-corrected chi connectivity index (χ3v) is 3.72. The summed E-state index contributed by atoms with van der Waals surface area (Å²) in [4.78, 5) is 12.2. The summed E-state index contributed by atoms with van der Waals surface area (Å²) in [6.45, 7) is 8.37. The molecular weight excluding hydrogens is 256 g/mol. The zero-order valence-electron chi connectivity index (χ0n) is 12.7. The summed E-state index contributed by atoms with van der Waals surface area (Å²) < 4.78 is 5.44. The summed E-state index contributed by atoms with van der Waals surface area (Å²) >= 11 is 0. The SMILES string of the molecule is COC(CNC(=O)c1n[nH]c2c1CNCC2)C(C)(C)C. The van der Waals surface area contributed by atoms with Gasteiger partial charge in [-0.15, -0.1) is 0 Å². The summed E-state index contributed by atoms with van der Waals surface area (Å²) in [6.07, 6.45) is 0.859. The average Bonchev–Trinajstić information content (AvgIpc) is 2.81. The molecule has 3 N–H and O–H groups in total. The first-order valence-corrected chi connectivity index (χ1v) is 7.01. The number of fused-ring (bicyclic) bond motifs is 1. The highest BCUT2D eigenvalue weighted by molar-refractivity contribution is 5.94. The fourth-order valence-electron chi connectivity index (χ4n) is 2.43. The predicted molar refractivity (Wildman–Crippen MR) is 76.6 cm³/mol. The number of rotatable bonds is 4. The number of carbonyl (C=O) groups excluding carboxylic acids is 1. The van der Waals surface area contributed by atoms with Crippen molar-refractivity contribution in [2.24, 2.45) is 5.41 Å². The molecule has 0 saturated carbocycles. The molecule has 0 aliphatic carbocycles. The highest BCUT2D eigenvalue weighted by atomic mass is 16.5. The van der Waals surface area contributed by atoms with Crippen LogP contribution in [0.5, 0.6) is 0 Å². The van der Waals surface area contributed by atoms with Crippen LogP contribution < -0.4 is 10.6 Å². The van der Waals surface area contributed by atoms with E-state index in [0.717, 1.165) is 24.2 Å². The molecule has 2 heterocycles. The van der Waals surface area contributed by atoms with Crippen molar-refractivity contribution in [3.63, 3.8) is 0 Å². The van der Waals surface area contributed by atoms with E-state index in [1.54, 1.807) is 7.11 Å². The first-order valence-electron chi connectivity index (χ1n) is 7.01. The molecule has 1 atom stereocenters. The summed E-state index contributed by atoms with van der Waals surface area (Å²) in [5, 5.41) is 13.3. The van der Waals surface area contributed by atoms with Gasteiger partial charge in [-0.05, 0) is 5.41 Å². The van der Waals surface area contributed by atoms with E-state index in [-0.39, 0.29) is 17.4 Å². The molecule has 112 valence electrons. The van der Waals surface area contributed by atoms with E-state index in [1.165, 1.54) is 0 Å². The molecule has 6 nitrogen and oxygen atoms in total. The second-order valence-corrected chi connectivity index (χ2v) is 6.26. The third-order valence-electron chi connectivity index (χ3n) is 3.72. The molecule has 1 unspecified atom stereocenters. The first-order chi connectivity index (χ1) is 9.43. The second kappa shape index (κ2) is 5.93. The lowest BCUT2D eigenvalue weighted by molar-refractivity contribution is 0.0175. The van der Waals surface area contributed by atoms with Gasteiger partial charge in [-0.2, -0.15) is 5.10 Å². The monoisotopic (exact) mass is 280 g/mol. The van der Waals surface area contributed by atoms with E-state index in [1.807, 2.05) is 0 Å². The van der Waals surface area contributed by atoms with Gasteiger partial charge in [-0.25, -0.2) is 0 Å². The Kier molecular flexibility index (Phi) is 4.45. The van der Waals surface area contributed by atoms with E-state index in [4.69, 9.17) is 4.74 Å². The zero-order chi connectivity index (χ0) is 14.8. The number of hydrogen-bond acceptors (Lipinski definition) is 4. The van der Waals surface area contributed by atoms with E-state index in [2.05, 4.69) is 41.6 Å². The van der Waals surface area contributed by atoms with Gasteiger partial charge in [0.1, 0.15) is 0 Å². The van der Waals surface area contributed by atoms with Crippen molar-refractivity contribution in [1.29, 1.82) is 0 Å². The van der Waals surface area contributed by atoms with Crippen LogP contribution in [-0.4, -0.2) is 42.4 Å². The van der Waals surface area contributed by atoms with Crippen LogP contribution in [0, 0.1) is 5.41 Å². The number of amides is 1. The molecule has 0 spiro atoms. The molecule has 1 aliphatic heterocycles. The van der Waals surface area contributed by atoms with Gasteiger partial charge in [0.05, 0.1) is 6.10 Å². The van der Waals surface area contributed by atoms with Crippen molar-refractivity contribution in [3.05, 3.63) is 17.0 Å². The van der Waals surface area contributed by atoms with Crippen LogP contribution in [0.25, 0.3) is 0 Å². The molecule has 1 aliphatic rings. The summed E-state index contributed by atoms with van der Waals surface area (Å²) in [7, 11) is 1.67. The maximum atomic E-state index is 12.2. The Hall–Kier alpha value is -1.40. The van der Waals surface area contributed by atoms with Crippen LogP contribution in [0.15, 0.2) is 0 Å². The fourth-order valence-corrected chi connectivity index (χ4v) is 2.43. The minimum Gasteiger partial charge on any atom is -0.379 e. The molecule has 20 heavy (non-hydrogen) atoms. The maximum Gasteiger partial charge on any atom is 0.272 e. The average molecular weight is 280 g/mol. The fraction of sp³-hybridized carbons (Fsp3) is 0.714. The number of methoxy groups -OCH3 is 1. The number of ether oxygens (including phenoxy) is 1. The molecule has 0 fully saturated rings. The van der Waals surface area contributed by atoms with Crippen LogP contribution in [0.2, 0.25) is 0 Å². The lowest BCUT2D eigenvalue weighted by Crippen LogP contribution is -2.41. The van der Waals surface area contributed by atoms with Gasteiger partial charge in [0.15, 0.2) is 5.69 Å². The third kappa shape index (κ3) is 3.19. The topological polar surface area (TPSA) is 79.0 Å². The predicted octanol–water partition coefficient (Wildman–Crippen LogP) is 0.846. The molecule has 1 aromatic rings. The Balaban J connectivity index is 2.00. The smallest absolute Gasteiger partial charge is 0.272 e. The Bertz CT molecular complexity index is 476. The van der Waals surface area contributed by atoms with Gasteiger partial charge >= 0.3 is 0 Å². The Labute approximate surface area is 119 Å². The van der Waals surface area contributed by atoms with Crippen molar-refractivity contribution in [1.82, 2.24) is 20.8 Å². The Morgan fingerprint density at radius 3 is 2.90 bits per heavy atom. The van der Waals surface area contributed by atoms with Crippen molar-refractivity contribution in [2.75, 3.05) is 20.2 Å². The van der Waals surface area contributed by atoms with Crippen LogP contribution in [-0.2, 0) is 17.7 Å². The van der Waals surface area contributed by atoms with E-state index < -0.39 is 0 Å². The van der Waals surface area contributed by atoms with Crippen LogP contribution in [0.3, 0.4) is 0 Å². The summed E-state index contributed by atoms with van der Waals surface area (Å²) in [5.41, 5.74) is 2.52. The first kappa shape index (κ1) is 15.0. The number of aromatic nitrogens is 2. The largest absolute Gasteiger partial charge is 0.379 e. The van der Waals surface area contributed by atoms with Crippen LogP contribution in [0.1, 0.15) is 42.5 Å². The maximum absolute atomic E-state index is 12.2. The van der Waals surface area contributed by atoms with Gasteiger partial charge in [0.25, 0.3) is 5.91 Å². The minimum atomic E-state index is -0.141. The van der Waals surface area contributed by atoms with Crippen molar-refractivity contribution >= 4 is 5.91 Å². The summed E-state index contributed by atoms with van der Waals surface area (Å²) in [5.74, 6) is -0.141. The molecule has 2 rings (SSSR count). The molecule has 1 amide bonds. The Morgan fingerprint density at radius 1 is 1.50 bits per heavy atom. The number of aromatic amines is 1. The van der Waals surface area contributed by atoms with Gasteiger partial charge in [0, 0.05) is 44.4 Å². The van der Waals surface area contributed by atoms with Gasteiger partial charge < -0.3 is 15.4 Å². The van der Waals surface area contributed by atoms with Crippen molar-refractivity contribution in [2.45, 2.75) is 39.8 Å². The standard InChI is InChI=1S/C14H24N4O2/c1-14(2,3)11(20-4)8-16-13(19)12-9-7-15-6-5-10(9)17-18-12/h11,15H,5-8H2,1-4H3,(H,16,19)(H,17,18). The highest BCUT2D eigenvalue weighted by Gasteiger charge is 2.26. The molecule has 1 aromatic heterocycles. The lowest BCUT2D eigenvalue weighted by Gasteiger charge is -2.29. The lowest BCUT2D eigenvalue weighted by atomic mass is 9.89. The number of carbonyl (C=O) groups is 1. The Morgan fingerprint density at radius 2 is 2.25 bits per heavy atom. The van der Waals surface area contributed by atoms with Crippen LogP contribution >= 0.6 is 0 Å². The van der Waals surface area contributed by atoms with Crippen molar-refractivity contribution in [3.8, 4) is 0 Å². The van der Waals surface area contributed by atoms with Gasteiger partial charge in [0.2, 0.25) is 0 Å². The van der Waals surface area contributed by atoms with Crippen LogP contribution in [0.4, 0.5) is 0 Å². The highest BCUT2D eigenvalue weighted by Crippen LogP contribution is 2.21. The normalized spacial score (nSPS) is 16.6. The van der Waals surface area contributed by atoms with Gasteiger partial charge in [-0.1, -0.05) is 20.8 Å². The number of hydrogen-bond donors (Lipinski definition) is 3. The van der Waals surface area contributed by atoms with E-state index in [9.17, 15) is 4.79 Å². The zero-order valence-corrected chi connectivity index (χ0v) is 12.7. The molecular formula is C14H24N4O2. The summed E-state index contributed by atoms with van der Waals surface area (Å²) in [6, 6.07) is 0. The molecule has 0 radical (unpaired) electrons. The molecule has 0 saturated heterocycles. The number of nitrogens with one attached hydrogen (secondary N) is 3. The van der Waals surface area contributed by atoms with Crippen molar-refractivity contribution < 1.29 is 9.53 Å². The quantitative estimate of drug-likeness (QED) is 0.764. The molecule has 0 aromatic carbocycles. The van der Waals surface area contributed by atoms with E-state index >= 15 is 0 Å². The second-order valence-electron chi connectivity index (χ2n) is 6.26.